The Balaban J connectivity index is 3.36. The first-order valence-electron chi connectivity index (χ1n) is 3.46. The van der Waals surface area contributed by atoms with Gasteiger partial charge in [0.1, 0.15) is 5.76 Å². The van der Waals surface area contributed by atoms with Crippen LogP contribution >= 0.6 is 0 Å². The molecular weight excluding hydrogens is 126 g/mol. The Labute approximate surface area is 62.4 Å². The number of hydrogen-bond acceptors (Lipinski definition) is 2. The van der Waals surface area contributed by atoms with E-state index in [9.17, 15) is 0 Å². The van der Waals surface area contributed by atoms with Gasteiger partial charge in [0.15, 0.2) is 0 Å². The molecule has 2 nitrogen and oxygen atoms in total. The zero-order valence-corrected chi connectivity index (χ0v) is 6.47. The summed E-state index contributed by atoms with van der Waals surface area (Å²) in [6.45, 7) is 6.86. The van der Waals surface area contributed by atoms with Gasteiger partial charge < -0.3 is 10.5 Å². The molecule has 0 saturated carbocycles. The molecule has 0 aromatic heterocycles. The Morgan fingerprint density at radius 3 is 2.80 bits per heavy atom. The van der Waals surface area contributed by atoms with Gasteiger partial charge in [0.2, 0.25) is 0 Å². The van der Waals surface area contributed by atoms with E-state index in [-0.39, 0.29) is 0 Å². The lowest BCUT2D eigenvalue weighted by atomic mass is 10.4. The molecule has 0 atom stereocenters. The lowest BCUT2D eigenvalue weighted by Gasteiger charge is -2.03. The Morgan fingerprint density at radius 2 is 2.40 bits per heavy atom. The van der Waals surface area contributed by atoms with Gasteiger partial charge in [-0.25, -0.2) is 0 Å². The zero-order valence-electron chi connectivity index (χ0n) is 6.47. The molecule has 0 aromatic carbocycles. The van der Waals surface area contributed by atoms with Crippen LogP contribution in [-0.4, -0.2) is 13.2 Å². The monoisotopic (exact) mass is 141 g/mol. The molecule has 0 fully saturated rings. The summed E-state index contributed by atoms with van der Waals surface area (Å²) in [5.41, 5.74) is 5.27. The topological polar surface area (TPSA) is 35.2 Å². The van der Waals surface area contributed by atoms with Crippen molar-refractivity contribution in [2.45, 2.75) is 13.3 Å². The normalized spacial score (nSPS) is 11.2. The van der Waals surface area contributed by atoms with Crippen molar-refractivity contribution in [1.29, 1.82) is 0 Å². The van der Waals surface area contributed by atoms with Gasteiger partial charge in [-0.05, 0) is 32.0 Å². The van der Waals surface area contributed by atoms with Gasteiger partial charge in [-0.15, -0.1) is 0 Å². The van der Waals surface area contributed by atoms with E-state index in [1.807, 2.05) is 13.0 Å². The number of ether oxygens (including phenoxy) is 1. The predicted octanol–water partition coefficient (Wildman–Crippen LogP) is 1.44. The predicted molar refractivity (Wildman–Crippen MR) is 43.6 cm³/mol. The van der Waals surface area contributed by atoms with Gasteiger partial charge >= 0.3 is 0 Å². The first-order valence-corrected chi connectivity index (χ1v) is 3.46. The van der Waals surface area contributed by atoms with Gasteiger partial charge in [-0.1, -0.05) is 6.58 Å². The van der Waals surface area contributed by atoms with E-state index >= 15 is 0 Å². The summed E-state index contributed by atoms with van der Waals surface area (Å²) in [4.78, 5) is 0. The molecule has 0 aliphatic rings. The molecule has 0 unspecified atom stereocenters. The van der Waals surface area contributed by atoms with Crippen LogP contribution in [0.5, 0.6) is 0 Å². The molecule has 0 saturated heterocycles. The fraction of sp³-hybridized carbons (Fsp3) is 0.500. The molecule has 2 N–H and O–H groups in total. The van der Waals surface area contributed by atoms with Crippen LogP contribution in [0, 0.1) is 0 Å². The number of allylic oxidation sites excluding steroid dienone is 2. The maximum Gasteiger partial charge on any atom is 0.114 e. The molecule has 0 aliphatic carbocycles. The molecular formula is C8H15NO. The first kappa shape index (κ1) is 9.24. The maximum atomic E-state index is 5.27. The average molecular weight is 141 g/mol. The highest BCUT2D eigenvalue weighted by molar-refractivity contribution is 5.06. The molecule has 2 heteroatoms. The van der Waals surface area contributed by atoms with Crippen molar-refractivity contribution in [3.05, 3.63) is 24.5 Å². The van der Waals surface area contributed by atoms with Crippen molar-refractivity contribution < 1.29 is 4.74 Å². The fourth-order valence-electron chi connectivity index (χ4n) is 0.533. The van der Waals surface area contributed by atoms with Crippen molar-refractivity contribution in [1.82, 2.24) is 0 Å². The highest BCUT2D eigenvalue weighted by Crippen LogP contribution is 1.97. The second-order valence-electron chi connectivity index (χ2n) is 1.89. The number of rotatable bonds is 5. The summed E-state index contributed by atoms with van der Waals surface area (Å²) in [5.74, 6) is 0.827. The highest BCUT2D eigenvalue weighted by Gasteiger charge is 1.87. The molecule has 0 rings (SSSR count). The largest absolute Gasteiger partial charge is 0.494 e. The lowest BCUT2D eigenvalue weighted by molar-refractivity contribution is 0.222. The van der Waals surface area contributed by atoms with Crippen molar-refractivity contribution in [2.24, 2.45) is 5.73 Å². The molecule has 0 spiro atoms. The van der Waals surface area contributed by atoms with Crippen LogP contribution in [0.15, 0.2) is 24.5 Å². The van der Waals surface area contributed by atoms with E-state index in [1.54, 1.807) is 6.08 Å². The van der Waals surface area contributed by atoms with Gasteiger partial charge in [-0.3, -0.25) is 0 Å². The van der Waals surface area contributed by atoms with Crippen molar-refractivity contribution >= 4 is 0 Å². The quantitative estimate of drug-likeness (QED) is 0.357. The molecule has 0 heterocycles. The molecule has 0 bridgehead atoms. The Hall–Kier alpha value is -0.760. The van der Waals surface area contributed by atoms with E-state index in [2.05, 4.69) is 6.58 Å². The molecule has 0 radical (unpaired) electrons. The van der Waals surface area contributed by atoms with E-state index in [1.165, 1.54) is 0 Å². The van der Waals surface area contributed by atoms with E-state index in [0.717, 1.165) is 12.2 Å². The van der Waals surface area contributed by atoms with Gasteiger partial charge in [-0.2, -0.15) is 0 Å². The van der Waals surface area contributed by atoms with Gasteiger partial charge in [0.25, 0.3) is 0 Å². The Kier molecular flexibility index (Phi) is 5.88. The highest BCUT2D eigenvalue weighted by atomic mass is 16.5. The van der Waals surface area contributed by atoms with Crippen LogP contribution in [0.4, 0.5) is 0 Å². The lowest BCUT2D eigenvalue weighted by Crippen LogP contribution is -2.03. The standard InChI is InChI=1S/C8H15NO/c1-3-8(4-2)10-7-5-6-9/h3-4H,1,5-7,9H2,2H3/b8-4+. The van der Waals surface area contributed by atoms with E-state index in [0.29, 0.717) is 13.2 Å². The third kappa shape index (κ3) is 4.15. The van der Waals surface area contributed by atoms with E-state index < -0.39 is 0 Å². The average Bonchev–Trinajstić information content (AvgIpc) is 1.99. The molecule has 0 aromatic rings. The minimum Gasteiger partial charge on any atom is -0.494 e. The molecule has 10 heavy (non-hydrogen) atoms. The van der Waals surface area contributed by atoms with Crippen LogP contribution in [0.2, 0.25) is 0 Å². The van der Waals surface area contributed by atoms with Crippen LogP contribution in [0.25, 0.3) is 0 Å². The smallest absolute Gasteiger partial charge is 0.114 e. The summed E-state index contributed by atoms with van der Waals surface area (Å²) >= 11 is 0. The number of hydrogen-bond donors (Lipinski definition) is 1. The third-order valence-corrected chi connectivity index (χ3v) is 1.10. The van der Waals surface area contributed by atoms with Crippen molar-refractivity contribution in [3.8, 4) is 0 Å². The Bertz CT molecular complexity index is 118. The fourth-order valence-corrected chi connectivity index (χ4v) is 0.533. The van der Waals surface area contributed by atoms with Crippen LogP contribution in [-0.2, 0) is 4.74 Å². The van der Waals surface area contributed by atoms with Crippen molar-refractivity contribution in [2.75, 3.05) is 13.2 Å². The molecule has 58 valence electrons. The van der Waals surface area contributed by atoms with Crippen LogP contribution in [0.3, 0.4) is 0 Å². The van der Waals surface area contributed by atoms with Gasteiger partial charge in [0, 0.05) is 0 Å². The summed E-state index contributed by atoms with van der Waals surface area (Å²) in [6, 6.07) is 0. The second-order valence-corrected chi connectivity index (χ2v) is 1.89. The zero-order chi connectivity index (χ0) is 7.82. The summed E-state index contributed by atoms with van der Waals surface area (Å²) < 4.78 is 5.24. The minimum atomic E-state index is 0.675. The van der Waals surface area contributed by atoms with E-state index in [4.69, 9.17) is 10.5 Å². The Morgan fingerprint density at radius 1 is 1.70 bits per heavy atom. The minimum absolute atomic E-state index is 0.675. The summed E-state index contributed by atoms with van der Waals surface area (Å²) in [6.07, 6.45) is 4.46. The summed E-state index contributed by atoms with van der Waals surface area (Å²) in [7, 11) is 0. The second kappa shape index (κ2) is 6.36. The maximum absolute atomic E-state index is 5.27. The van der Waals surface area contributed by atoms with Gasteiger partial charge in [0.05, 0.1) is 6.61 Å². The SMILES string of the molecule is C=C/C(=C\C)OCCCN. The molecule has 0 aliphatic heterocycles. The molecule has 0 amide bonds. The van der Waals surface area contributed by atoms with Crippen LogP contribution < -0.4 is 5.73 Å². The summed E-state index contributed by atoms with van der Waals surface area (Å²) in [5, 5.41) is 0. The van der Waals surface area contributed by atoms with Crippen molar-refractivity contribution in [3.63, 3.8) is 0 Å². The third-order valence-electron chi connectivity index (χ3n) is 1.10. The number of nitrogens with two attached hydrogens (primary N) is 1. The first-order chi connectivity index (χ1) is 4.85. The van der Waals surface area contributed by atoms with Crippen LogP contribution in [0.1, 0.15) is 13.3 Å².